The third kappa shape index (κ3) is 5.05. The zero-order chi connectivity index (χ0) is 11.3. The highest BCUT2D eigenvalue weighted by Gasteiger charge is 2.14. The van der Waals surface area contributed by atoms with E-state index in [-0.39, 0.29) is 11.6 Å². The molecule has 0 saturated carbocycles. The van der Waals surface area contributed by atoms with Crippen molar-refractivity contribution in [2.75, 3.05) is 0 Å². The van der Waals surface area contributed by atoms with Crippen LogP contribution in [0.4, 0.5) is 4.79 Å². The Labute approximate surface area is 90.4 Å². The van der Waals surface area contributed by atoms with Gasteiger partial charge in [-0.1, -0.05) is 30.3 Å². The molecule has 0 radical (unpaired) electrons. The fraction of sp³-hybridized carbons (Fsp3) is 0.417. The monoisotopic (exact) mass is 207 g/mol. The standard InChI is InChI=1S/C12H17NO2/c1-12(2,3)13-11(14)15-9-10-7-5-4-6-8-10/h4-8H,9H2,1-3H3,(H,13,14). The van der Waals surface area contributed by atoms with E-state index in [2.05, 4.69) is 5.32 Å². The van der Waals surface area contributed by atoms with Gasteiger partial charge in [-0.2, -0.15) is 0 Å². The summed E-state index contributed by atoms with van der Waals surface area (Å²) in [4.78, 5) is 11.3. The maximum atomic E-state index is 11.3. The van der Waals surface area contributed by atoms with Crippen LogP contribution in [0.5, 0.6) is 0 Å². The van der Waals surface area contributed by atoms with E-state index in [1.807, 2.05) is 51.1 Å². The van der Waals surface area contributed by atoms with Crippen LogP contribution in [0.1, 0.15) is 26.3 Å². The SMILES string of the molecule is CC(C)(C)NC(=O)OCc1ccccc1. The van der Waals surface area contributed by atoms with Crippen molar-refractivity contribution in [2.24, 2.45) is 0 Å². The van der Waals surface area contributed by atoms with Gasteiger partial charge in [-0.3, -0.25) is 0 Å². The number of hydrogen-bond donors (Lipinski definition) is 1. The molecule has 1 rings (SSSR count). The molecule has 0 unspecified atom stereocenters. The van der Waals surface area contributed by atoms with Crippen LogP contribution >= 0.6 is 0 Å². The molecule has 0 aliphatic heterocycles. The molecule has 0 heterocycles. The van der Waals surface area contributed by atoms with E-state index in [9.17, 15) is 4.79 Å². The van der Waals surface area contributed by atoms with Crippen LogP contribution < -0.4 is 5.32 Å². The lowest BCUT2D eigenvalue weighted by molar-refractivity contribution is 0.131. The molecule has 0 saturated heterocycles. The number of amides is 1. The van der Waals surface area contributed by atoms with Crippen LogP contribution in [0.25, 0.3) is 0 Å². The van der Waals surface area contributed by atoms with Crippen LogP contribution in [-0.2, 0) is 11.3 Å². The molecule has 0 fully saturated rings. The number of ether oxygens (including phenoxy) is 1. The van der Waals surface area contributed by atoms with E-state index in [0.717, 1.165) is 5.56 Å². The van der Waals surface area contributed by atoms with E-state index in [0.29, 0.717) is 6.61 Å². The molecule has 0 aromatic heterocycles. The maximum absolute atomic E-state index is 11.3. The van der Waals surface area contributed by atoms with Gasteiger partial charge in [0.2, 0.25) is 0 Å². The zero-order valence-electron chi connectivity index (χ0n) is 9.41. The van der Waals surface area contributed by atoms with Gasteiger partial charge in [-0.15, -0.1) is 0 Å². The van der Waals surface area contributed by atoms with Gasteiger partial charge < -0.3 is 10.1 Å². The molecule has 0 atom stereocenters. The molecule has 0 spiro atoms. The molecule has 82 valence electrons. The lowest BCUT2D eigenvalue weighted by Gasteiger charge is -2.19. The molecule has 0 bridgehead atoms. The number of rotatable bonds is 2. The highest BCUT2D eigenvalue weighted by atomic mass is 16.5. The van der Waals surface area contributed by atoms with Crippen molar-refractivity contribution in [1.82, 2.24) is 5.32 Å². The summed E-state index contributed by atoms with van der Waals surface area (Å²) < 4.78 is 5.05. The average molecular weight is 207 g/mol. The lowest BCUT2D eigenvalue weighted by atomic mass is 10.1. The Morgan fingerprint density at radius 2 is 1.87 bits per heavy atom. The summed E-state index contributed by atoms with van der Waals surface area (Å²) in [7, 11) is 0. The van der Waals surface area contributed by atoms with Crippen LogP contribution in [0.15, 0.2) is 30.3 Å². The molecule has 1 N–H and O–H groups in total. The third-order valence-electron chi connectivity index (χ3n) is 1.69. The van der Waals surface area contributed by atoms with E-state index in [4.69, 9.17) is 4.74 Å². The van der Waals surface area contributed by atoms with Crippen molar-refractivity contribution in [3.63, 3.8) is 0 Å². The molecule has 1 amide bonds. The summed E-state index contributed by atoms with van der Waals surface area (Å²) in [5, 5.41) is 2.73. The van der Waals surface area contributed by atoms with Crippen molar-refractivity contribution < 1.29 is 9.53 Å². The molecule has 1 aromatic carbocycles. The topological polar surface area (TPSA) is 38.3 Å². The molecule has 3 nitrogen and oxygen atoms in total. The lowest BCUT2D eigenvalue weighted by Crippen LogP contribution is -2.40. The van der Waals surface area contributed by atoms with Crippen molar-refractivity contribution in [3.05, 3.63) is 35.9 Å². The fourth-order valence-electron chi connectivity index (χ4n) is 1.07. The second-order valence-electron chi connectivity index (χ2n) is 4.44. The first kappa shape index (κ1) is 11.6. The maximum Gasteiger partial charge on any atom is 0.407 e. The molecule has 0 aliphatic carbocycles. The molecule has 15 heavy (non-hydrogen) atoms. The van der Waals surface area contributed by atoms with E-state index in [1.165, 1.54) is 0 Å². The van der Waals surface area contributed by atoms with E-state index >= 15 is 0 Å². The van der Waals surface area contributed by atoms with Crippen LogP contribution in [0, 0.1) is 0 Å². The number of hydrogen-bond acceptors (Lipinski definition) is 2. The minimum Gasteiger partial charge on any atom is -0.445 e. The highest BCUT2D eigenvalue weighted by Crippen LogP contribution is 2.03. The van der Waals surface area contributed by atoms with Gasteiger partial charge in [0.15, 0.2) is 0 Å². The highest BCUT2D eigenvalue weighted by molar-refractivity contribution is 5.68. The number of carbonyl (C=O) groups is 1. The Hall–Kier alpha value is -1.51. The quantitative estimate of drug-likeness (QED) is 0.809. The number of alkyl carbamates (subject to hydrolysis) is 1. The summed E-state index contributed by atoms with van der Waals surface area (Å²) in [5.41, 5.74) is 0.731. The first-order chi connectivity index (χ1) is 6.97. The second-order valence-corrected chi connectivity index (χ2v) is 4.44. The van der Waals surface area contributed by atoms with Crippen LogP contribution in [-0.4, -0.2) is 11.6 Å². The van der Waals surface area contributed by atoms with Gasteiger partial charge in [0.05, 0.1) is 0 Å². The minimum atomic E-state index is -0.383. The van der Waals surface area contributed by atoms with Gasteiger partial charge in [-0.05, 0) is 26.3 Å². The van der Waals surface area contributed by atoms with Crippen LogP contribution in [0.3, 0.4) is 0 Å². The van der Waals surface area contributed by atoms with Gasteiger partial charge in [-0.25, -0.2) is 4.79 Å². The normalized spacial score (nSPS) is 10.9. The molecule has 0 aliphatic rings. The van der Waals surface area contributed by atoms with Crippen LogP contribution in [0.2, 0.25) is 0 Å². The predicted molar refractivity (Wildman–Crippen MR) is 59.5 cm³/mol. The van der Waals surface area contributed by atoms with E-state index in [1.54, 1.807) is 0 Å². The summed E-state index contributed by atoms with van der Waals surface area (Å²) in [6, 6.07) is 9.61. The number of benzene rings is 1. The largest absolute Gasteiger partial charge is 0.445 e. The summed E-state index contributed by atoms with van der Waals surface area (Å²) in [5.74, 6) is 0. The molecular formula is C12H17NO2. The Bertz CT molecular complexity index is 314. The zero-order valence-corrected chi connectivity index (χ0v) is 9.41. The average Bonchev–Trinajstić information content (AvgIpc) is 2.14. The summed E-state index contributed by atoms with van der Waals surface area (Å²) >= 11 is 0. The van der Waals surface area contributed by atoms with Gasteiger partial charge in [0, 0.05) is 5.54 Å². The van der Waals surface area contributed by atoms with Crippen molar-refractivity contribution in [3.8, 4) is 0 Å². The van der Waals surface area contributed by atoms with Crippen molar-refractivity contribution in [1.29, 1.82) is 0 Å². The number of nitrogens with one attached hydrogen (secondary N) is 1. The second kappa shape index (κ2) is 4.82. The van der Waals surface area contributed by atoms with Gasteiger partial charge in [0.25, 0.3) is 0 Å². The Balaban J connectivity index is 2.35. The molecular weight excluding hydrogens is 190 g/mol. The van der Waals surface area contributed by atoms with Crippen molar-refractivity contribution in [2.45, 2.75) is 32.9 Å². The smallest absolute Gasteiger partial charge is 0.407 e. The third-order valence-corrected chi connectivity index (χ3v) is 1.69. The molecule has 3 heteroatoms. The summed E-state index contributed by atoms with van der Waals surface area (Å²) in [6.45, 7) is 6.05. The predicted octanol–water partition coefficient (Wildman–Crippen LogP) is 2.71. The van der Waals surface area contributed by atoms with Crippen molar-refractivity contribution >= 4 is 6.09 Å². The Kier molecular flexibility index (Phi) is 3.72. The number of carbonyl (C=O) groups excluding carboxylic acids is 1. The fourth-order valence-corrected chi connectivity index (χ4v) is 1.07. The first-order valence-electron chi connectivity index (χ1n) is 4.96. The summed E-state index contributed by atoms with van der Waals surface area (Å²) in [6.07, 6.45) is -0.383. The van der Waals surface area contributed by atoms with Gasteiger partial charge >= 0.3 is 6.09 Å². The minimum absolute atomic E-state index is 0.256. The van der Waals surface area contributed by atoms with Gasteiger partial charge in [0.1, 0.15) is 6.61 Å². The Morgan fingerprint density at radius 3 is 2.40 bits per heavy atom. The van der Waals surface area contributed by atoms with E-state index < -0.39 is 0 Å². The molecule has 1 aromatic rings. The Morgan fingerprint density at radius 1 is 1.27 bits per heavy atom. The first-order valence-corrected chi connectivity index (χ1v) is 4.96.